The molecule has 0 saturated carbocycles. The Balaban J connectivity index is 1.75. The van der Waals surface area contributed by atoms with Gasteiger partial charge in [-0.3, -0.25) is 9.59 Å². The van der Waals surface area contributed by atoms with Crippen molar-refractivity contribution in [2.24, 2.45) is 28.8 Å². The van der Waals surface area contributed by atoms with Crippen molar-refractivity contribution in [2.75, 3.05) is 7.05 Å². The largest absolute Gasteiger partial charge is 0.459 e. The molecule has 16 heteroatoms. The zero-order chi connectivity index (χ0) is 40.3. The molecule has 2 fully saturated rings. The molecular formula is C38H56N2O12S2. The molecule has 2 aliphatic heterocycles. The summed E-state index contributed by atoms with van der Waals surface area (Å²) in [6.45, 7) is 12.6. The molecule has 14 nitrogen and oxygen atoms in total. The maximum Gasteiger partial charge on any atom is 0.375 e. The second kappa shape index (κ2) is 18.0. The third kappa shape index (κ3) is 9.59. The zero-order valence-electron chi connectivity index (χ0n) is 32.3. The average molecular weight is 797 g/mol. The van der Waals surface area contributed by atoms with E-state index in [4.69, 9.17) is 19.0 Å². The van der Waals surface area contributed by atoms with Crippen LogP contribution < -0.4 is 0 Å². The van der Waals surface area contributed by atoms with Crippen molar-refractivity contribution < 1.29 is 59.0 Å². The average Bonchev–Trinajstić information content (AvgIpc) is 3.87. The summed E-state index contributed by atoms with van der Waals surface area (Å²) in [5.41, 5.74) is -3.78. The van der Waals surface area contributed by atoms with Crippen LogP contribution in [0.5, 0.6) is 0 Å². The number of rotatable bonds is 7. The van der Waals surface area contributed by atoms with Crippen molar-refractivity contribution in [3.8, 4) is 0 Å². The van der Waals surface area contributed by atoms with Gasteiger partial charge in [0.05, 0.1) is 52.6 Å². The number of esters is 1. The van der Waals surface area contributed by atoms with Gasteiger partial charge in [-0.15, -0.1) is 22.7 Å². The summed E-state index contributed by atoms with van der Waals surface area (Å²) in [5.74, 6) is -5.84. The number of aliphatic hydroxyl groups is 5. The van der Waals surface area contributed by atoms with Gasteiger partial charge in [-0.05, 0) is 69.9 Å². The topological polar surface area (TPSA) is 205 Å². The number of hydrogen-bond acceptors (Lipinski definition) is 15. The molecule has 2 saturated heterocycles. The first-order valence-corrected chi connectivity index (χ1v) is 20.1. The van der Waals surface area contributed by atoms with E-state index >= 15 is 0 Å². The molecule has 0 aliphatic carbocycles. The maximum atomic E-state index is 13.6. The lowest BCUT2D eigenvalue weighted by molar-refractivity contribution is -0.298. The predicted molar refractivity (Wildman–Crippen MR) is 202 cm³/mol. The molecule has 0 spiro atoms. The number of likely N-dealkylation sites (N-methyl/N-ethyl adjacent to an activating group) is 1. The molecule has 14 atom stereocenters. The molecule has 0 radical (unpaired) electrons. The van der Waals surface area contributed by atoms with Crippen LogP contribution in [0.4, 0.5) is 0 Å². The van der Waals surface area contributed by atoms with Gasteiger partial charge in [0, 0.05) is 24.8 Å². The van der Waals surface area contributed by atoms with E-state index in [1.165, 1.54) is 37.0 Å². The van der Waals surface area contributed by atoms with Gasteiger partial charge in [-0.2, -0.15) is 0 Å². The van der Waals surface area contributed by atoms with E-state index in [9.17, 15) is 39.9 Å². The van der Waals surface area contributed by atoms with Gasteiger partial charge in [0.2, 0.25) is 0 Å². The van der Waals surface area contributed by atoms with Crippen LogP contribution in [0.3, 0.4) is 0 Å². The van der Waals surface area contributed by atoms with Crippen LogP contribution >= 0.6 is 22.7 Å². The molecule has 302 valence electrons. The number of amides is 1. The monoisotopic (exact) mass is 796 g/mol. The van der Waals surface area contributed by atoms with E-state index in [1.807, 2.05) is 0 Å². The van der Waals surface area contributed by atoms with Crippen molar-refractivity contribution in [1.29, 1.82) is 0 Å². The lowest BCUT2D eigenvalue weighted by Crippen LogP contribution is -2.60. The Morgan fingerprint density at radius 3 is 2.17 bits per heavy atom. The van der Waals surface area contributed by atoms with Gasteiger partial charge in [-0.1, -0.05) is 45.0 Å². The van der Waals surface area contributed by atoms with E-state index < -0.39 is 95.8 Å². The highest BCUT2D eigenvalue weighted by atomic mass is 32.1. The van der Waals surface area contributed by atoms with Crippen molar-refractivity contribution in [3.63, 3.8) is 0 Å². The fourth-order valence-electron chi connectivity index (χ4n) is 7.72. The minimum atomic E-state index is -2.02. The van der Waals surface area contributed by atoms with E-state index in [1.54, 1.807) is 76.7 Å². The molecule has 0 aromatic carbocycles. The highest BCUT2D eigenvalue weighted by molar-refractivity contribution is 7.12. The van der Waals surface area contributed by atoms with Crippen LogP contribution in [-0.2, 0) is 23.8 Å². The van der Waals surface area contributed by atoms with Gasteiger partial charge in [0.1, 0.15) is 22.7 Å². The first-order chi connectivity index (χ1) is 25.2. The summed E-state index contributed by atoms with van der Waals surface area (Å²) in [5, 5.41) is 66.7. The minimum absolute atomic E-state index is 0.108. The molecule has 4 rings (SSSR count). The number of cyclic esters (lactones) is 1. The molecule has 54 heavy (non-hydrogen) atoms. The Bertz CT molecular complexity index is 1580. The van der Waals surface area contributed by atoms with Crippen molar-refractivity contribution >= 4 is 46.2 Å². The highest BCUT2D eigenvalue weighted by Gasteiger charge is 2.51. The normalized spacial score (nSPS) is 39.4. The summed E-state index contributed by atoms with van der Waals surface area (Å²) in [7, 11) is 1.59. The Labute approximate surface area is 324 Å². The number of ether oxygens (including phenoxy) is 3. The van der Waals surface area contributed by atoms with Gasteiger partial charge in [-0.25, -0.2) is 4.79 Å². The van der Waals surface area contributed by atoms with Crippen LogP contribution in [-0.4, -0.2) is 121 Å². The molecule has 2 aromatic rings. The smallest absolute Gasteiger partial charge is 0.375 e. The van der Waals surface area contributed by atoms with Crippen molar-refractivity contribution in [1.82, 2.24) is 4.90 Å². The second-order valence-corrected chi connectivity index (χ2v) is 17.2. The van der Waals surface area contributed by atoms with Crippen LogP contribution in [0, 0.1) is 23.7 Å². The highest BCUT2D eigenvalue weighted by Crippen LogP contribution is 2.38. The van der Waals surface area contributed by atoms with Gasteiger partial charge >= 0.3 is 11.9 Å². The molecule has 4 heterocycles. The SMILES string of the molecule is CC[C@H]1OC(=O)[C@H](C)[C@@H](O)[C@H](C)[C@@H](O[C@@H]2O[C@H](C)C[C@H](N(C)C(=O)c3cccs3)[C@@H]2O)[C@](C)(O)C[C@H](C)/C(=N\OC(=O)c2cccs2)[C@@H](C)[C@H](O)C1(C)O. The van der Waals surface area contributed by atoms with Gasteiger partial charge in [0.25, 0.3) is 5.91 Å². The molecular weight excluding hydrogens is 741 g/mol. The summed E-state index contributed by atoms with van der Waals surface area (Å²) < 4.78 is 18.3. The van der Waals surface area contributed by atoms with Crippen LogP contribution in [0.2, 0.25) is 0 Å². The molecule has 1 amide bonds. The summed E-state index contributed by atoms with van der Waals surface area (Å²) in [6.07, 6.45) is -8.61. The first-order valence-electron chi connectivity index (χ1n) is 18.4. The molecule has 1 unspecified atom stereocenters. The Kier molecular flexibility index (Phi) is 14.6. The van der Waals surface area contributed by atoms with Crippen molar-refractivity contribution in [2.45, 2.75) is 135 Å². The van der Waals surface area contributed by atoms with E-state index in [0.29, 0.717) is 11.3 Å². The number of oxime groups is 1. The lowest BCUT2D eigenvalue weighted by Gasteiger charge is -2.47. The molecule has 0 bridgehead atoms. The van der Waals surface area contributed by atoms with Crippen LogP contribution in [0.25, 0.3) is 0 Å². The number of nitrogens with zero attached hydrogens (tertiary/aromatic N) is 2. The van der Waals surface area contributed by atoms with E-state index in [-0.39, 0.29) is 29.3 Å². The fourth-order valence-corrected chi connectivity index (χ4v) is 9.02. The summed E-state index contributed by atoms with van der Waals surface area (Å²) >= 11 is 2.43. The zero-order valence-corrected chi connectivity index (χ0v) is 34.0. The van der Waals surface area contributed by atoms with Gasteiger partial charge in [0.15, 0.2) is 6.29 Å². The maximum absolute atomic E-state index is 13.6. The number of hydrogen-bond donors (Lipinski definition) is 5. The first kappa shape index (κ1) is 43.9. The Hall–Kier alpha value is -2.80. The second-order valence-electron chi connectivity index (χ2n) is 15.3. The van der Waals surface area contributed by atoms with E-state index in [2.05, 4.69) is 5.16 Å². The summed E-state index contributed by atoms with van der Waals surface area (Å²) in [4.78, 5) is 47.3. The summed E-state index contributed by atoms with van der Waals surface area (Å²) in [6, 6.07) is 5.97. The standard InChI is InChI=1S/C38H56N2O12S2/c1-10-27-38(8,48)31(43)21(4)28(39-52-35(46)26-14-12-16-54-26)19(2)18-37(7,47)32(22(5)29(41)23(6)34(45)50-27)51-36-30(42)24(17-20(3)49-36)40(9)33(44)25-13-11-15-53-25/h11-16,19-24,27,29-32,36,41-43,47-48H,10,17-18H2,1-9H3/b39-28+/t19-,20+,21+,22-,23+,24-,27+,29-,30-,31-,32+,36-,37+,38?/m0/s1. The Morgan fingerprint density at radius 1 is 0.981 bits per heavy atom. The molecule has 2 aliphatic rings. The quantitative estimate of drug-likeness (QED) is 0.154. The molecule has 5 N–H and O–H groups in total. The third-order valence-corrected chi connectivity index (χ3v) is 12.7. The van der Waals surface area contributed by atoms with E-state index in [0.717, 1.165) is 11.3 Å². The van der Waals surface area contributed by atoms with Crippen LogP contribution in [0.15, 0.2) is 40.2 Å². The number of thiophene rings is 2. The van der Waals surface area contributed by atoms with Crippen LogP contribution in [0.1, 0.15) is 94.0 Å². The number of carbonyl (C=O) groups excluding carboxylic acids is 3. The Morgan fingerprint density at radius 2 is 1.59 bits per heavy atom. The lowest BCUT2D eigenvalue weighted by atomic mass is 9.73. The van der Waals surface area contributed by atoms with Gasteiger partial charge < -0.3 is 49.5 Å². The predicted octanol–water partition coefficient (Wildman–Crippen LogP) is 3.84. The minimum Gasteiger partial charge on any atom is -0.459 e. The number of carbonyl (C=O) groups is 3. The number of aliphatic hydroxyl groups excluding tert-OH is 3. The van der Waals surface area contributed by atoms with Crippen molar-refractivity contribution in [3.05, 3.63) is 44.8 Å². The third-order valence-electron chi connectivity index (χ3n) is 11.0. The fraction of sp³-hybridized carbons (Fsp3) is 0.684. The molecule has 2 aromatic heterocycles.